The second-order valence-electron chi connectivity index (χ2n) is 5.26. The summed E-state index contributed by atoms with van der Waals surface area (Å²) < 4.78 is 0. The van der Waals surface area contributed by atoms with E-state index in [-0.39, 0.29) is 0 Å². The van der Waals surface area contributed by atoms with Gasteiger partial charge in [0.1, 0.15) is 0 Å². The van der Waals surface area contributed by atoms with E-state index in [1.807, 2.05) is 61.6 Å². The van der Waals surface area contributed by atoms with Gasteiger partial charge in [-0.3, -0.25) is 0 Å². The molecule has 0 amide bonds. The minimum atomic E-state index is -0.922. The van der Waals surface area contributed by atoms with E-state index in [1.165, 1.54) is 0 Å². The second-order valence-corrected chi connectivity index (χ2v) is 6.37. The number of hydrogen-bond donors (Lipinski definition) is 2. The van der Waals surface area contributed by atoms with Crippen molar-refractivity contribution in [2.45, 2.75) is 0 Å². The van der Waals surface area contributed by atoms with Crippen LogP contribution in [0, 0.1) is 0 Å². The lowest BCUT2D eigenvalue weighted by Gasteiger charge is -2.02. The van der Waals surface area contributed by atoms with E-state index in [4.69, 9.17) is 0 Å². The van der Waals surface area contributed by atoms with Gasteiger partial charge in [0.2, 0.25) is 0 Å². The molecule has 4 heteroatoms. The minimum Gasteiger partial charge on any atom is -0.478 e. The first-order valence-electron chi connectivity index (χ1n) is 7.56. The molecular formula is C20H17NO2S. The molecule has 2 N–H and O–H groups in total. The first-order chi connectivity index (χ1) is 11.7. The van der Waals surface area contributed by atoms with E-state index in [0.29, 0.717) is 11.1 Å². The van der Waals surface area contributed by atoms with E-state index in [1.54, 1.807) is 17.4 Å². The van der Waals surface area contributed by atoms with Crippen molar-refractivity contribution >= 4 is 34.6 Å². The standard InChI is InChI=1S/C20H17NO2S/c1-21-16-9-7-15(8-10-16)19-12-11-17(24-19)13-18(20(22)23)14-5-3-2-4-6-14/h2-13,21H,1H3,(H,22,23)/b18-13+. The molecule has 0 bridgehead atoms. The zero-order valence-corrected chi connectivity index (χ0v) is 14.0. The molecule has 0 unspecified atom stereocenters. The fourth-order valence-electron chi connectivity index (χ4n) is 2.42. The molecule has 0 radical (unpaired) electrons. The molecule has 24 heavy (non-hydrogen) atoms. The highest BCUT2D eigenvalue weighted by molar-refractivity contribution is 7.16. The van der Waals surface area contributed by atoms with Gasteiger partial charge in [-0.05, 0) is 41.5 Å². The highest BCUT2D eigenvalue weighted by atomic mass is 32.1. The first-order valence-corrected chi connectivity index (χ1v) is 8.37. The molecule has 2 aromatic carbocycles. The normalized spacial score (nSPS) is 11.3. The number of benzene rings is 2. The number of rotatable bonds is 5. The Morgan fingerprint density at radius 2 is 1.71 bits per heavy atom. The SMILES string of the molecule is CNc1ccc(-c2ccc(/C=C(/C(=O)O)c3ccccc3)s2)cc1. The Labute approximate surface area is 144 Å². The molecule has 0 fully saturated rings. The average molecular weight is 335 g/mol. The van der Waals surface area contributed by atoms with Gasteiger partial charge in [-0.25, -0.2) is 4.79 Å². The maximum absolute atomic E-state index is 11.6. The van der Waals surface area contributed by atoms with Crippen LogP contribution in [0.15, 0.2) is 66.7 Å². The highest BCUT2D eigenvalue weighted by Gasteiger charge is 2.11. The van der Waals surface area contributed by atoms with Gasteiger partial charge in [0, 0.05) is 22.5 Å². The third kappa shape index (κ3) is 3.55. The van der Waals surface area contributed by atoms with Crippen LogP contribution >= 0.6 is 11.3 Å². The largest absolute Gasteiger partial charge is 0.478 e. The molecule has 0 aliphatic heterocycles. The summed E-state index contributed by atoms with van der Waals surface area (Å²) in [5, 5.41) is 12.6. The molecule has 1 heterocycles. The molecule has 0 atom stereocenters. The summed E-state index contributed by atoms with van der Waals surface area (Å²) >= 11 is 1.58. The number of hydrogen-bond acceptors (Lipinski definition) is 3. The molecule has 0 saturated heterocycles. The van der Waals surface area contributed by atoms with Crippen molar-refractivity contribution in [3.63, 3.8) is 0 Å². The van der Waals surface area contributed by atoms with Crippen LogP contribution in [-0.2, 0) is 4.79 Å². The number of carboxylic acid groups (broad SMARTS) is 1. The Kier molecular flexibility index (Phi) is 4.77. The fourth-order valence-corrected chi connectivity index (χ4v) is 3.37. The van der Waals surface area contributed by atoms with Crippen LogP contribution in [0.4, 0.5) is 5.69 Å². The molecule has 120 valence electrons. The summed E-state index contributed by atoms with van der Waals surface area (Å²) in [4.78, 5) is 13.6. The number of nitrogens with one attached hydrogen (secondary N) is 1. The summed E-state index contributed by atoms with van der Waals surface area (Å²) in [5.74, 6) is -0.922. The summed E-state index contributed by atoms with van der Waals surface area (Å²) in [7, 11) is 1.89. The molecule has 0 aliphatic carbocycles. The van der Waals surface area contributed by atoms with Gasteiger partial charge in [-0.15, -0.1) is 11.3 Å². The Hall–Kier alpha value is -2.85. The van der Waals surface area contributed by atoms with Crippen LogP contribution in [0.2, 0.25) is 0 Å². The third-order valence-corrected chi connectivity index (χ3v) is 4.77. The van der Waals surface area contributed by atoms with Crippen LogP contribution < -0.4 is 5.32 Å². The van der Waals surface area contributed by atoms with Crippen molar-refractivity contribution in [3.8, 4) is 10.4 Å². The fraction of sp³-hybridized carbons (Fsp3) is 0.0500. The van der Waals surface area contributed by atoms with Gasteiger partial charge < -0.3 is 10.4 Å². The molecule has 0 spiro atoms. The third-order valence-electron chi connectivity index (χ3n) is 3.69. The lowest BCUT2D eigenvalue weighted by Crippen LogP contribution is -1.98. The van der Waals surface area contributed by atoms with Crippen LogP contribution in [0.1, 0.15) is 10.4 Å². The minimum absolute atomic E-state index is 0.300. The van der Waals surface area contributed by atoms with Crippen LogP contribution in [0.25, 0.3) is 22.1 Å². The summed E-state index contributed by atoms with van der Waals surface area (Å²) in [6, 6.07) is 21.3. The van der Waals surface area contributed by atoms with Gasteiger partial charge >= 0.3 is 5.97 Å². The van der Waals surface area contributed by atoms with Crippen molar-refractivity contribution in [3.05, 3.63) is 77.2 Å². The van der Waals surface area contributed by atoms with Crippen molar-refractivity contribution in [2.75, 3.05) is 12.4 Å². The lowest BCUT2D eigenvalue weighted by molar-refractivity contribution is -0.130. The Morgan fingerprint density at radius 3 is 2.33 bits per heavy atom. The van der Waals surface area contributed by atoms with Gasteiger partial charge in [0.05, 0.1) is 5.57 Å². The van der Waals surface area contributed by atoms with Crippen molar-refractivity contribution in [1.82, 2.24) is 0 Å². The monoisotopic (exact) mass is 335 g/mol. The van der Waals surface area contributed by atoms with Crippen molar-refractivity contribution in [1.29, 1.82) is 0 Å². The zero-order valence-electron chi connectivity index (χ0n) is 13.2. The molecular weight excluding hydrogens is 318 g/mol. The van der Waals surface area contributed by atoms with E-state index in [0.717, 1.165) is 21.0 Å². The molecule has 3 rings (SSSR count). The predicted octanol–water partition coefficient (Wildman–Crippen LogP) is 5.08. The molecule has 3 aromatic rings. The Bertz CT molecular complexity index is 864. The number of thiophene rings is 1. The van der Waals surface area contributed by atoms with E-state index >= 15 is 0 Å². The lowest BCUT2D eigenvalue weighted by atomic mass is 10.1. The molecule has 0 saturated carbocycles. The number of anilines is 1. The summed E-state index contributed by atoms with van der Waals surface area (Å²) in [5.41, 5.74) is 3.19. The van der Waals surface area contributed by atoms with Gasteiger partial charge in [-0.2, -0.15) is 0 Å². The summed E-state index contributed by atoms with van der Waals surface area (Å²) in [6.07, 6.45) is 1.73. The topological polar surface area (TPSA) is 49.3 Å². The second kappa shape index (κ2) is 7.15. The van der Waals surface area contributed by atoms with Crippen molar-refractivity contribution in [2.24, 2.45) is 0 Å². The molecule has 1 aromatic heterocycles. The Morgan fingerprint density at radius 1 is 1.00 bits per heavy atom. The quantitative estimate of drug-likeness (QED) is 0.639. The van der Waals surface area contributed by atoms with Gasteiger partial charge in [0.25, 0.3) is 0 Å². The molecule has 0 aliphatic rings. The number of aliphatic carboxylic acids is 1. The van der Waals surface area contributed by atoms with E-state index in [2.05, 4.69) is 17.4 Å². The van der Waals surface area contributed by atoms with E-state index in [9.17, 15) is 9.90 Å². The first kappa shape index (κ1) is 16.0. The van der Waals surface area contributed by atoms with Gasteiger partial charge in [-0.1, -0.05) is 42.5 Å². The average Bonchev–Trinajstić information content (AvgIpc) is 3.09. The number of carboxylic acids is 1. The highest BCUT2D eigenvalue weighted by Crippen LogP contribution is 2.31. The van der Waals surface area contributed by atoms with E-state index < -0.39 is 5.97 Å². The van der Waals surface area contributed by atoms with Gasteiger partial charge in [0.15, 0.2) is 0 Å². The van der Waals surface area contributed by atoms with Crippen molar-refractivity contribution < 1.29 is 9.90 Å². The molecule has 3 nitrogen and oxygen atoms in total. The zero-order chi connectivity index (χ0) is 16.9. The maximum atomic E-state index is 11.6. The summed E-state index contributed by atoms with van der Waals surface area (Å²) in [6.45, 7) is 0. The maximum Gasteiger partial charge on any atom is 0.336 e. The Balaban J connectivity index is 1.92. The van der Waals surface area contributed by atoms with Crippen LogP contribution in [-0.4, -0.2) is 18.1 Å². The van der Waals surface area contributed by atoms with Crippen LogP contribution in [0.5, 0.6) is 0 Å². The predicted molar refractivity (Wildman–Crippen MR) is 101 cm³/mol. The number of carbonyl (C=O) groups is 1. The van der Waals surface area contributed by atoms with Crippen LogP contribution in [0.3, 0.4) is 0 Å². The smallest absolute Gasteiger partial charge is 0.336 e.